The van der Waals surface area contributed by atoms with Crippen LogP contribution in [-0.2, 0) is 11.2 Å². The number of ether oxygens (including phenoxy) is 2. The summed E-state index contributed by atoms with van der Waals surface area (Å²) < 4.78 is 44.7. The van der Waals surface area contributed by atoms with Crippen molar-refractivity contribution in [3.8, 4) is 17.7 Å². The van der Waals surface area contributed by atoms with E-state index in [1.165, 1.54) is 6.07 Å². The first-order valence-corrected chi connectivity index (χ1v) is 4.72. The van der Waals surface area contributed by atoms with Crippen LogP contribution < -0.4 is 9.47 Å². The molecule has 0 atom stereocenters. The number of carbonyl (C=O) groups is 1. The molecule has 1 rings (SSSR count). The van der Waals surface area contributed by atoms with Crippen LogP contribution >= 0.6 is 0 Å². The fourth-order valence-electron chi connectivity index (χ4n) is 1.33. The van der Waals surface area contributed by atoms with Crippen molar-refractivity contribution in [2.24, 2.45) is 0 Å². The lowest BCUT2D eigenvalue weighted by Crippen LogP contribution is -2.19. The molecule has 0 radical (unpaired) electrons. The number of alkyl halides is 3. The molecule has 102 valence electrons. The van der Waals surface area contributed by atoms with E-state index >= 15 is 0 Å². The lowest BCUT2D eigenvalue weighted by Gasteiger charge is -2.13. The van der Waals surface area contributed by atoms with Crippen LogP contribution in [0.4, 0.5) is 13.2 Å². The van der Waals surface area contributed by atoms with Gasteiger partial charge in [0.25, 0.3) is 0 Å². The summed E-state index contributed by atoms with van der Waals surface area (Å²) in [5.74, 6) is -2.46. The van der Waals surface area contributed by atoms with Gasteiger partial charge < -0.3 is 14.6 Å². The van der Waals surface area contributed by atoms with Crippen molar-refractivity contribution in [3.63, 3.8) is 0 Å². The van der Waals surface area contributed by atoms with Gasteiger partial charge in [0.15, 0.2) is 5.75 Å². The van der Waals surface area contributed by atoms with Gasteiger partial charge in [-0.25, -0.2) is 4.98 Å². The number of methoxy groups -OCH3 is 1. The van der Waals surface area contributed by atoms with E-state index in [0.717, 1.165) is 7.11 Å². The molecule has 0 saturated carbocycles. The highest BCUT2D eigenvalue weighted by Crippen LogP contribution is 2.31. The molecule has 1 aromatic rings. The first kappa shape index (κ1) is 14.6. The first-order chi connectivity index (χ1) is 8.78. The average molecular weight is 276 g/mol. The summed E-state index contributed by atoms with van der Waals surface area (Å²) in [5.41, 5.74) is -0.856. The number of aromatic nitrogens is 1. The molecule has 0 bridgehead atoms. The summed E-state index contributed by atoms with van der Waals surface area (Å²) in [7, 11) is 1.15. The maximum Gasteiger partial charge on any atom is 0.573 e. The summed E-state index contributed by atoms with van der Waals surface area (Å²) >= 11 is 0. The smallest absolute Gasteiger partial charge is 0.481 e. The van der Waals surface area contributed by atoms with Gasteiger partial charge in [-0.2, -0.15) is 5.26 Å². The molecule has 0 aliphatic heterocycles. The lowest BCUT2D eigenvalue weighted by molar-refractivity contribution is -0.274. The Morgan fingerprint density at radius 2 is 2.21 bits per heavy atom. The number of pyridine rings is 1. The van der Waals surface area contributed by atoms with E-state index < -0.39 is 30.1 Å². The van der Waals surface area contributed by atoms with Crippen molar-refractivity contribution in [3.05, 3.63) is 17.3 Å². The number of aliphatic carboxylic acids is 1. The monoisotopic (exact) mass is 276 g/mol. The Bertz CT molecular complexity index is 537. The molecular weight excluding hydrogens is 269 g/mol. The van der Waals surface area contributed by atoms with Gasteiger partial charge in [0.2, 0.25) is 5.88 Å². The number of carboxylic acids is 1. The van der Waals surface area contributed by atoms with Gasteiger partial charge in [-0.05, 0) is 0 Å². The summed E-state index contributed by atoms with van der Waals surface area (Å²) in [5, 5.41) is 17.5. The van der Waals surface area contributed by atoms with Crippen LogP contribution in [0.3, 0.4) is 0 Å². The van der Waals surface area contributed by atoms with Crippen molar-refractivity contribution in [2.45, 2.75) is 12.8 Å². The zero-order valence-corrected chi connectivity index (χ0v) is 9.48. The van der Waals surface area contributed by atoms with Crippen LogP contribution in [0, 0.1) is 11.3 Å². The van der Waals surface area contributed by atoms with E-state index in [0.29, 0.717) is 6.20 Å². The number of rotatable bonds is 4. The second-order valence-corrected chi connectivity index (χ2v) is 3.22. The molecule has 0 spiro atoms. The van der Waals surface area contributed by atoms with Gasteiger partial charge in [0.05, 0.1) is 19.7 Å². The minimum atomic E-state index is -5.01. The second kappa shape index (κ2) is 5.43. The predicted molar refractivity (Wildman–Crippen MR) is 53.5 cm³/mol. The molecule has 6 nitrogen and oxygen atoms in total. The topological polar surface area (TPSA) is 92.4 Å². The van der Waals surface area contributed by atoms with Gasteiger partial charge in [-0.3, -0.25) is 4.79 Å². The number of carboxylic acid groups (broad SMARTS) is 1. The normalized spacial score (nSPS) is 10.7. The number of nitriles is 1. The Labute approximate surface area is 105 Å². The quantitative estimate of drug-likeness (QED) is 0.895. The van der Waals surface area contributed by atoms with Crippen LogP contribution in [0.5, 0.6) is 11.6 Å². The van der Waals surface area contributed by atoms with Crippen LogP contribution in [0.15, 0.2) is 6.20 Å². The molecule has 1 aromatic heterocycles. The Balaban J connectivity index is 3.36. The third-order valence-corrected chi connectivity index (χ3v) is 1.96. The van der Waals surface area contributed by atoms with Crippen molar-refractivity contribution >= 4 is 5.97 Å². The number of hydrogen-bond acceptors (Lipinski definition) is 5. The third kappa shape index (κ3) is 3.74. The molecule has 0 aliphatic carbocycles. The van der Waals surface area contributed by atoms with Crippen LogP contribution in [0.1, 0.15) is 11.1 Å². The highest BCUT2D eigenvalue weighted by Gasteiger charge is 2.33. The maximum absolute atomic E-state index is 12.1. The van der Waals surface area contributed by atoms with E-state index in [9.17, 15) is 18.0 Å². The van der Waals surface area contributed by atoms with Gasteiger partial charge in [-0.15, -0.1) is 13.2 Å². The fraction of sp³-hybridized carbons (Fsp3) is 0.300. The molecule has 0 unspecified atom stereocenters. The lowest BCUT2D eigenvalue weighted by atomic mass is 10.1. The van der Waals surface area contributed by atoms with E-state index in [-0.39, 0.29) is 11.4 Å². The largest absolute Gasteiger partial charge is 0.573 e. The molecule has 0 aromatic carbocycles. The molecule has 1 N–H and O–H groups in total. The van der Waals surface area contributed by atoms with Crippen LogP contribution in [0.25, 0.3) is 0 Å². The van der Waals surface area contributed by atoms with Gasteiger partial charge >= 0.3 is 12.3 Å². The third-order valence-electron chi connectivity index (χ3n) is 1.96. The van der Waals surface area contributed by atoms with Crippen molar-refractivity contribution < 1.29 is 32.5 Å². The molecule has 0 amide bonds. The molecule has 0 saturated heterocycles. The minimum Gasteiger partial charge on any atom is -0.481 e. The Hall–Kier alpha value is -2.50. The number of halogens is 3. The zero-order chi connectivity index (χ0) is 14.6. The standard InChI is InChI=1S/C10H7F3N2O4/c1-18-9-5(2-8(16)17)6(3-14)7(4-15-9)19-10(11,12)13/h4H,2H2,1H3,(H,16,17). The Morgan fingerprint density at radius 3 is 2.63 bits per heavy atom. The molecular formula is C10H7F3N2O4. The van der Waals surface area contributed by atoms with Crippen molar-refractivity contribution in [1.82, 2.24) is 4.98 Å². The molecule has 1 heterocycles. The van der Waals surface area contributed by atoms with Gasteiger partial charge in [-0.1, -0.05) is 0 Å². The summed E-state index contributed by atoms with van der Waals surface area (Å²) in [4.78, 5) is 14.1. The molecule has 19 heavy (non-hydrogen) atoms. The predicted octanol–water partition coefficient (Wildman–Crippen LogP) is 1.49. The van der Waals surface area contributed by atoms with E-state index in [4.69, 9.17) is 15.1 Å². The highest BCUT2D eigenvalue weighted by molar-refractivity contribution is 5.73. The van der Waals surface area contributed by atoms with Gasteiger partial charge in [0, 0.05) is 5.56 Å². The molecule has 0 aliphatic rings. The van der Waals surface area contributed by atoms with Crippen molar-refractivity contribution in [2.75, 3.05) is 7.11 Å². The zero-order valence-electron chi connectivity index (χ0n) is 9.48. The maximum atomic E-state index is 12.1. The fourth-order valence-corrected chi connectivity index (χ4v) is 1.33. The SMILES string of the molecule is COc1ncc(OC(F)(F)F)c(C#N)c1CC(=O)O. The van der Waals surface area contributed by atoms with E-state index in [1.807, 2.05) is 0 Å². The van der Waals surface area contributed by atoms with E-state index in [2.05, 4.69) is 9.72 Å². The summed E-state index contributed by atoms with van der Waals surface area (Å²) in [6, 6.07) is 1.46. The highest BCUT2D eigenvalue weighted by atomic mass is 19.4. The van der Waals surface area contributed by atoms with Crippen LogP contribution in [0.2, 0.25) is 0 Å². The Kier molecular flexibility index (Phi) is 4.16. The minimum absolute atomic E-state index is 0.242. The molecule has 9 heteroatoms. The summed E-state index contributed by atoms with van der Waals surface area (Å²) in [6.07, 6.45) is -5.08. The average Bonchev–Trinajstić information content (AvgIpc) is 2.27. The first-order valence-electron chi connectivity index (χ1n) is 4.72. The Morgan fingerprint density at radius 1 is 1.58 bits per heavy atom. The van der Waals surface area contributed by atoms with Gasteiger partial charge in [0.1, 0.15) is 11.6 Å². The van der Waals surface area contributed by atoms with E-state index in [1.54, 1.807) is 0 Å². The number of nitrogens with zero attached hydrogens (tertiary/aromatic N) is 2. The number of hydrogen-bond donors (Lipinski definition) is 1. The van der Waals surface area contributed by atoms with Crippen LogP contribution in [-0.4, -0.2) is 29.5 Å². The summed E-state index contributed by atoms with van der Waals surface area (Å²) in [6.45, 7) is 0. The molecule has 0 fully saturated rings. The second-order valence-electron chi connectivity index (χ2n) is 3.22. The van der Waals surface area contributed by atoms with Crippen molar-refractivity contribution in [1.29, 1.82) is 5.26 Å².